The topological polar surface area (TPSA) is 26.3 Å². The first-order valence-corrected chi connectivity index (χ1v) is 9.87. The molecule has 4 heteroatoms. The van der Waals surface area contributed by atoms with Crippen LogP contribution in [-0.2, 0) is 12.8 Å². The first-order chi connectivity index (χ1) is 14.2. The molecule has 0 saturated heterocycles. The van der Waals surface area contributed by atoms with E-state index in [2.05, 4.69) is 0 Å². The number of rotatable bonds is 8. The summed E-state index contributed by atoms with van der Waals surface area (Å²) >= 11 is 0. The van der Waals surface area contributed by atoms with Crippen molar-refractivity contribution in [3.8, 4) is 22.6 Å². The highest BCUT2D eigenvalue weighted by Crippen LogP contribution is 2.25. The monoisotopic (exact) mass is 392 g/mol. The van der Waals surface area contributed by atoms with E-state index in [1.165, 1.54) is 24.3 Å². The highest BCUT2D eigenvalue weighted by molar-refractivity contribution is 5.58. The second-order valence-corrected chi connectivity index (χ2v) is 7.11. The van der Waals surface area contributed by atoms with Gasteiger partial charge in [-0.2, -0.15) is 0 Å². The van der Waals surface area contributed by atoms with Gasteiger partial charge >= 0.3 is 0 Å². The molecule has 0 saturated carbocycles. The smallest absolute Gasteiger partial charge is 0.134 e. The minimum absolute atomic E-state index is 0.248. The molecule has 0 amide bonds. The molecule has 4 aromatic rings. The van der Waals surface area contributed by atoms with Crippen LogP contribution in [0.25, 0.3) is 22.6 Å². The van der Waals surface area contributed by atoms with E-state index in [1.54, 1.807) is 24.3 Å². The molecule has 2 aromatic carbocycles. The van der Waals surface area contributed by atoms with Gasteiger partial charge in [-0.25, -0.2) is 8.78 Å². The highest BCUT2D eigenvalue weighted by Gasteiger charge is 2.07. The lowest BCUT2D eigenvalue weighted by atomic mass is 10.1. The van der Waals surface area contributed by atoms with E-state index in [9.17, 15) is 8.78 Å². The third-order valence-electron chi connectivity index (χ3n) is 4.93. The Morgan fingerprint density at radius 3 is 1.31 bits per heavy atom. The average Bonchev–Trinajstić information content (AvgIpc) is 3.39. The van der Waals surface area contributed by atoms with E-state index in [-0.39, 0.29) is 11.6 Å². The summed E-state index contributed by atoms with van der Waals surface area (Å²) in [6.07, 6.45) is 4.88. The first kappa shape index (κ1) is 19.2. The zero-order valence-electron chi connectivity index (χ0n) is 16.0. The van der Waals surface area contributed by atoms with Crippen LogP contribution in [0.2, 0.25) is 0 Å². The molecule has 29 heavy (non-hydrogen) atoms. The fourth-order valence-electron chi connectivity index (χ4n) is 3.34. The normalized spacial score (nSPS) is 11.1. The predicted molar refractivity (Wildman–Crippen MR) is 109 cm³/mol. The lowest BCUT2D eigenvalue weighted by molar-refractivity contribution is 0.490. The summed E-state index contributed by atoms with van der Waals surface area (Å²) in [5.74, 6) is 2.93. The van der Waals surface area contributed by atoms with Crippen LogP contribution in [0.3, 0.4) is 0 Å². The standard InChI is InChI=1S/C25H22F2O2/c26-20-10-6-18(7-11-20)24-16-14-22(28-24)4-2-1-3-5-23-15-17-25(29-23)19-8-12-21(27)13-9-19/h6-17H,1-5H2. The van der Waals surface area contributed by atoms with E-state index in [1.807, 2.05) is 24.3 Å². The van der Waals surface area contributed by atoms with E-state index in [0.717, 1.165) is 66.3 Å². The van der Waals surface area contributed by atoms with E-state index in [0.29, 0.717) is 0 Å². The Kier molecular flexibility index (Phi) is 5.89. The van der Waals surface area contributed by atoms with Crippen LogP contribution in [0.4, 0.5) is 8.78 Å². The quantitative estimate of drug-likeness (QED) is 0.291. The predicted octanol–water partition coefficient (Wildman–Crippen LogP) is 7.44. The molecule has 0 atom stereocenters. The Labute approximate surface area is 168 Å². The second kappa shape index (κ2) is 8.91. The fourth-order valence-corrected chi connectivity index (χ4v) is 3.34. The minimum atomic E-state index is -0.248. The molecule has 2 aromatic heterocycles. The number of halogens is 2. The molecule has 0 aliphatic rings. The molecule has 2 heterocycles. The van der Waals surface area contributed by atoms with E-state index >= 15 is 0 Å². The maximum absolute atomic E-state index is 13.0. The molecular formula is C25H22F2O2. The van der Waals surface area contributed by atoms with Crippen LogP contribution in [0.15, 0.2) is 81.6 Å². The van der Waals surface area contributed by atoms with Gasteiger partial charge in [0.25, 0.3) is 0 Å². The number of hydrogen-bond donors (Lipinski definition) is 0. The summed E-state index contributed by atoms with van der Waals surface area (Å²) in [5.41, 5.74) is 1.76. The summed E-state index contributed by atoms with van der Waals surface area (Å²) in [6, 6.07) is 20.5. The van der Waals surface area contributed by atoms with Gasteiger partial charge in [0.05, 0.1) is 0 Å². The number of hydrogen-bond acceptors (Lipinski definition) is 2. The molecule has 0 fully saturated rings. The Balaban J connectivity index is 1.22. The Bertz CT molecular complexity index is 957. The van der Waals surface area contributed by atoms with Crippen molar-refractivity contribution in [1.29, 1.82) is 0 Å². The lowest BCUT2D eigenvalue weighted by Gasteiger charge is -2.00. The van der Waals surface area contributed by atoms with Crippen molar-refractivity contribution >= 4 is 0 Å². The van der Waals surface area contributed by atoms with Gasteiger partial charge < -0.3 is 8.83 Å². The van der Waals surface area contributed by atoms with Crippen LogP contribution in [0.1, 0.15) is 30.8 Å². The van der Waals surface area contributed by atoms with Crippen LogP contribution in [-0.4, -0.2) is 0 Å². The number of unbranched alkanes of at least 4 members (excludes halogenated alkanes) is 2. The lowest BCUT2D eigenvalue weighted by Crippen LogP contribution is -1.86. The molecule has 0 aliphatic heterocycles. The number of aryl methyl sites for hydroxylation is 2. The fraction of sp³-hybridized carbons (Fsp3) is 0.200. The highest BCUT2D eigenvalue weighted by atomic mass is 19.1. The third kappa shape index (κ3) is 5.02. The minimum Gasteiger partial charge on any atom is -0.461 e. The average molecular weight is 392 g/mol. The third-order valence-corrected chi connectivity index (χ3v) is 4.93. The van der Waals surface area contributed by atoms with Crippen molar-refractivity contribution in [2.24, 2.45) is 0 Å². The SMILES string of the molecule is Fc1ccc(-c2ccc(CCCCCc3ccc(-c4ccc(F)cc4)o3)o2)cc1. The molecule has 0 radical (unpaired) electrons. The number of furan rings is 2. The maximum Gasteiger partial charge on any atom is 0.134 e. The summed E-state index contributed by atoms with van der Waals surface area (Å²) in [7, 11) is 0. The molecule has 0 unspecified atom stereocenters. The maximum atomic E-state index is 13.0. The van der Waals surface area contributed by atoms with Gasteiger partial charge in [0.15, 0.2) is 0 Å². The van der Waals surface area contributed by atoms with Gasteiger partial charge in [0.1, 0.15) is 34.7 Å². The molecule has 0 spiro atoms. The van der Waals surface area contributed by atoms with Gasteiger partial charge in [0.2, 0.25) is 0 Å². The van der Waals surface area contributed by atoms with Gasteiger partial charge in [0, 0.05) is 24.0 Å². The van der Waals surface area contributed by atoms with Crippen LogP contribution < -0.4 is 0 Å². The van der Waals surface area contributed by atoms with Crippen LogP contribution >= 0.6 is 0 Å². The van der Waals surface area contributed by atoms with Crippen molar-refractivity contribution in [3.63, 3.8) is 0 Å². The van der Waals surface area contributed by atoms with Crippen LogP contribution in [0.5, 0.6) is 0 Å². The van der Waals surface area contributed by atoms with Crippen molar-refractivity contribution in [2.75, 3.05) is 0 Å². The largest absolute Gasteiger partial charge is 0.461 e. The van der Waals surface area contributed by atoms with Gasteiger partial charge in [-0.3, -0.25) is 0 Å². The first-order valence-electron chi connectivity index (χ1n) is 9.87. The zero-order valence-corrected chi connectivity index (χ0v) is 16.0. The molecule has 0 N–H and O–H groups in total. The summed E-state index contributed by atoms with van der Waals surface area (Å²) in [5, 5.41) is 0. The van der Waals surface area contributed by atoms with Crippen molar-refractivity contribution < 1.29 is 17.6 Å². The number of benzene rings is 2. The summed E-state index contributed by atoms with van der Waals surface area (Å²) in [6.45, 7) is 0. The van der Waals surface area contributed by atoms with Crippen LogP contribution in [0, 0.1) is 11.6 Å². The van der Waals surface area contributed by atoms with Gasteiger partial charge in [-0.1, -0.05) is 6.42 Å². The Morgan fingerprint density at radius 2 is 0.897 bits per heavy atom. The van der Waals surface area contributed by atoms with Gasteiger partial charge in [-0.05, 0) is 85.6 Å². The zero-order chi connectivity index (χ0) is 20.1. The Morgan fingerprint density at radius 1 is 0.483 bits per heavy atom. The summed E-state index contributed by atoms with van der Waals surface area (Å²) < 4.78 is 37.8. The second-order valence-electron chi connectivity index (χ2n) is 7.11. The molecular weight excluding hydrogens is 370 g/mol. The van der Waals surface area contributed by atoms with Crippen molar-refractivity contribution in [3.05, 3.63) is 96.0 Å². The Hall–Kier alpha value is -3.14. The molecule has 0 bridgehead atoms. The molecule has 148 valence electrons. The van der Waals surface area contributed by atoms with Gasteiger partial charge in [-0.15, -0.1) is 0 Å². The molecule has 0 aliphatic carbocycles. The van der Waals surface area contributed by atoms with E-state index in [4.69, 9.17) is 8.83 Å². The van der Waals surface area contributed by atoms with E-state index < -0.39 is 0 Å². The molecule has 4 rings (SSSR count). The summed E-state index contributed by atoms with van der Waals surface area (Å²) in [4.78, 5) is 0. The van der Waals surface area contributed by atoms with Crippen molar-refractivity contribution in [1.82, 2.24) is 0 Å². The van der Waals surface area contributed by atoms with Crippen molar-refractivity contribution in [2.45, 2.75) is 32.1 Å². The molecule has 2 nitrogen and oxygen atoms in total.